The third-order valence-electron chi connectivity index (χ3n) is 3.14. The van der Waals surface area contributed by atoms with Gasteiger partial charge in [0.2, 0.25) is 0 Å². The normalized spacial score (nSPS) is 23.9. The molecule has 2 fully saturated rings. The van der Waals surface area contributed by atoms with E-state index in [1.807, 2.05) is 11.8 Å². The summed E-state index contributed by atoms with van der Waals surface area (Å²) in [5.41, 5.74) is 0.927. The molecule has 0 aromatic carbocycles. The molecule has 0 spiro atoms. The molecule has 2 heterocycles. The van der Waals surface area contributed by atoms with Crippen molar-refractivity contribution < 1.29 is 14.6 Å². The maximum absolute atomic E-state index is 11.1. The predicted octanol–water partition coefficient (Wildman–Crippen LogP) is 1.86. The molecule has 1 aromatic rings. The third-order valence-corrected chi connectivity index (χ3v) is 4.13. The third kappa shape index (κ3) is 2.35. The Morgan fingerprint density at radius 1 is 1.50 bits per heavy atom. The molecule has 18 heavy (non-hydrogen) atoms. The zero-order chi connectivity index (χ0) is 12.5. The highest BCUT2D eigenvalue weighted by Gasteiger charge is 2.31. The highest BCUT2D eigenvalue weighted by molar-refractivity contribution is 7.99. The van der Waals surface area contributed by atoms with E-state index in [9.17, 15) is 4.79 Å². The van der Waals surface area contributed by atoms with Crippen LogP contribution >= 0.6 is 11.8 Å². The van der Waals surface area contributed by atoms with E-state index in [-0.39, 0.29) is 11.7 Å². The molecule has 1 saturated heterocycles. The second kappa shape index (κ2) is 4.85. The number of hydrogen-bond acceptors (Lipinski definition) is 5. The average molecular weight is 266 g/mol. The van der Waals surface area contributed by atoms with E-state index in [2.05, 4.69) is 9.97 Å². The highest BCUT2D eigenvalue weighted by Crippen LogP contribution is 2.41. The minimum absolute atomic E-state index is 0.0934. The van der Waals surface area contributed by atoms with Crippen molar-refractivity contribution in [2.75, 3.05) is 18.1 Å². The zero-order valence-corrected chi connectivity index (χ0v) is 10.7. The maximum Gasteiger partial charge on any atom is 0.339 e. The topological polar surface area (TPSA) is 72.3 Å². The summed E-state index contributed by atoms with van der Waals surface area (Å²) in [4.78, 5) is 19.7. The van der Waals surface area contributed by atoms with Crippen LogP contribution in [0, 0.1) is 0 Å². The second-order valence-electron chi connectivity index (χ2n) is 4.54. The van der Waals surface area contributed by atoms with E-state index >= 15 is 0 Å². The Hall–Kier alpha value is -1.14. The summed E-state index contributed by atoms with van der Waals surface area (Å²) in [7, 11) is 0. The largest absolute Gasteiger partial charge is 0.478 e. The minimum atomic E-state index is -0.942. The van der Waals surface area contributed by atoms with Crippen LogP contribution in [0.5, 0.6) is 0 Å². The minimum Gasteiger partial charge on any atom is -0.478 e. The lowest BCUT2D eigenvalue weighted by molar-refractivity contribution is 0.0670. The molecule has 1 aliphatic heterocycles. The quantitative estimate of drug-likeness (QED) is 0.900. The number of carboxylic acids is 1. The van der Waals surface area contributed by atoms with E-state index in [0.717, 1.165) is 24.3 Å². The van der Waals surface area contributed by atoms with Crippen LogP contribution in [0.2, 0.25) is 0 Å². The van der Waals surface area contributed by atoms with Gasteiger partial charge in [0.15, 0.2) is 5.82 Å². The highest BCUT2D eigenvalue weighted by atomic mass is 32.2. The molecule has 1 atom stereocenters. The fourth-order valence-corrected chi connectivity index (χ4v) is 2.87. The van der Waals surface area contributed by atoms with Crippen LogP contribution in [0.4, 0.5) is 0 Å². The van der Waals surface area contributed by atoms with Crippen molar-refractivity contribution in [1.82, 2.24) is 9.97 Å². The molecule has 1 aliphatic carbocycles. The molecule has 2 aliphatic rings. The number of aromatic carboxylic acids is 1. The molecule has 1 N–H and O–H groups in total. The molecule has 1 aromatic heterocycles. The standard InChI is InChI=1S/C12H14N2O3S/c15-12(16)8-5-13-11(9-6-18-4-3-17-9)14-10(8)7-1-2-7/h5,7,9H,1-4,6H2,(H,15,16). The zero-order valence-electron chi connectivity index (χ0n) is 9.83. The van der Waals surface area contributed by atoms with Gasteiger partial charge in [-0.25, -0.2) is 14.8 Å². The molecule has 6 heteroatoms. The summed E-state index contributed by atoms with van der Waals surface area (Å²) in [6.45, 7) is 0.706. The van der Waals surface area contributed by atoms with Crippen molar-refractivity contribution in [3.05, 3.63) is 23.3 Å². The van der Waals surface area contributed by atoms with Gasteiger partial charge < -0.3 is 9.84 Å². The molecule has 1 saturated carbocycles. The summed E-state index contributed by atoms with van der Waals surface area (Å²) < 4.78 is 5.63. The summed E-state index contributed by atoms with van der Waals surface area (Å²) >= 11 is 1.82. The first-order valence-electron chi connectivity index (χ1n) is 6.05. The molecular weight excluding hydrogens is 252 g/mol. The summed E-state index contributed by atoms with van der Waals surface area (Å²) in [6.07, 6.45) is 3.39. The predicted molar refractivity (Wildman–Crippen MR) is 67.0 cm³/mol. The number of ether oxygens (including phenoxy) is 1. The monoisotopic (exact) mass is 266 g/mol. The van der Waals surface area contributed by atoms with E-state index in [4.69, 9.17) is 9.84 Å². The van der Waals surface area contributed by atoms with Crippen LogP contribution in [-0.2, 0) is 4.74 Å². The van der Waals surface area contributed by atoms with Crippen LogP contribution in [0.1, 0.15) is 46.7 Å². The first-order valence-corrected chi connectivity index (χ1v) is 7.20. The molecular formula is C12H14N2O3S. The Balaban J connectivity index is 1.91. The second-order valence-corrected chi connectivity index (χ2v) is 5.69. The van der Waals surface area contributed by atoms with Gasteiger partial charge in [-0.2, -0.15) is 11.8 Å². The van der Waals surface area contributed by atoms with Crippen molar-refractivity contribution in [2.24, 2.45) is 0 Å². The lowest BCUT2D eigenvalue weighted by Gasteiger charge is -2.21. The van der Waals surface area contributed by atoms with Gasteiger partial charge in [-0.3, -0.25) is 0 Å². The molecule has 0 amide bonds. The van der Waals surface area contributed by atoms with Crippen molar-refractivity contribution >= 4 is 17.7 Å². The van der Waals surface area contributed by atoms with Gasteiger partial charge in [-0.15, -0.1) is 0 Å². The smallest absolute Gasteiger partial charge is 0.339 e. The number of nitrogens with zero attached hydrogens (tertiary/aromatic N) is 2. The number of thioether (sulfide) groups is 1. The first kappa shape index (κ1) is 11.9. The lowest BCUT2D eigenvalue weighted by Crippen LogP contribution is -2.19. The van der Waals surface area contributed by atoms with Crippen molar-refractivity contribution in [1.29, 1.82) is 0 Å². The number of rotatable bonds is 3. The molecule has 0 radical (unpaired) electrons. The van der Waals surface area contributed by atoms with Crippen molar-refractivity contribution in [3.63, 3.8) is 0 Å². The van der Waals surface area contributed by atoms with Gasteiger partial charge >= 0.3 is 5.97 Å². The molecule has 0 bridgehead atoms. The van der Waals surface area contributed by atoms with Gasteiger partial charge in [0.25, 0.3) is 0 Å². The Bertz CT molecular complexity index is 470. The number of hydrogen-bond donors (Lipinski definition) is 1. The SMILES string of the molecule is O=C(O)c1cnc(C2CSCCO2)nc1C1CC1. The van der Waals surface area contributed by atoms with Crippen molar-refractivity contribution in [2.45, 2.75) is 24.9 Å². The Morgan fingerprint density at radius 3 is 2.94 bits per heavy atom. The number of aromatic nitrogens is 2. The fourth-order valence-electron chi connectivity index (χ4n) is 2.03. The van der Waals surface area contributed by atoms with E-state index in [1.54, 1.807) is 0 Å². The van der Waals surface area contributed by atoms with E-state index in [1.165, 1.54) is 6.20 Å². The lowest BCUT2D eigenvalue weighted by atomic mass is 10.1. The van der Waals surface area contributed by atoms with Gasteiger partial charge in [-0.1, -0.05) is 0 Å². The number of carboxylic acid groups (broad SMARTS) is 1. The first-order chi connectivity index (χ1) is 8.75. The summed E-state index contributed by atoms with van der Waals surface area (Å²) in [6, 6.07) is 0. The van der Waals surface area contributed by atoms with E-state index in [0.29, 0.717) is 24.0 Å². The van der Waals surface area contributed by atoms with Crippen LogP contribution in [0.3, 0.4) is 0 Å². The maximum atomic E-state index is 11.1. The number of carbonyl (C=O) groups is 1. The van der Waals surface area contributed by atoms with Crippen LogP contribution in [-0.4, -0.2) is 39.2 Å². The van der Waals surface area contributed by atoms with Crippen molar-refractivity contribution in [3.8, 4) is 0 Å². The van der Waals surface area contributed by atoms with Gasteiger partial charge in [0.1, 0.15) is 6.10 Å². The molecule has 3 rings (SSSR count). The van der Waals surface area contributed by atoms with Gasteiger partial charge in [-0.05, 0) is 12.8 Å². The average Bonchev–Trinajstić information content (AvgIpc) is 3.23. The Kier molecular flexibility index (Phi) is 3.22. The molecule has 96 valence electrons. The van der Waals surface area contributed by atoms with Crippen LogP contribution in [0.25, 0.3) is 0 Å². The van der Waals surface area contributed by atoms with Crippen LogP contribution in [0.15, 0.2) is 6.20 Å². The summed E-state index contributed by atoms with van der Waals surface area (Å²) in [5, 5.41) is 9.13. The summed E-state index contributed by atoms with van der Waals surface area (Å²) in [5.74, 6) is 1.83. The molecule has 1 unspecified atom stereocenters. The fraction of sp³-hybridized carbons (Fsp3) is 0.583. The van der Waals surface area contributed by atoms with E-state index < -0.39 is 5.97 Å². The Labute approximate surface area is 109 Å². The van der Waals surface area contributed by atoms with Crippen LogP contribution < -0.4 is 0 Å². The molecule has 5 nitrogen and oxygen atoms in total. The Morgan fingerprint density at radius 2 is 2.33 bits per heavy atom. The van der Waals surface area contributed by atoms with Gasteiger partial charge in [0, 0.05) is 23.6 Å². The van der Waals surface area contributed by atoms with Gasteiger partial charge in [0.05, 0.1) is 17.9 Å².